The van der Waals surface area contributed by atoms with Gasteiger partial charge < -0.3 is 26.8 Å². The summed E-state index contributed by atoms with van der Waals surface area (Å²) in [5.41, 5.74) is 0.331. The van der Waals surface area contributed by atoms with Gasteiger partial charge in [-0.1, -0.05) is 60.7 Å². The number of hydrogen-bond acceptors (Lipinski definition) is 3. The number of carbonyl (C=O) groups excluding carboxylic acids is 1. The zero-order valence-corrected chi connectivity index (χ0v) is 17.2. The summed E-state index contributed by atoms with van der Waals surface area (Å²) in [4.78, 5) is 14.7. The molecular formula is C22H30ClNO3. The highest BCUT2D eigenvalue weighted by atomic mass is 35.5. The molecule has 0 radical (unpaired) electrons. The fourth-order valence-corrected chi connectivity index (χ4v) is 3.18. The highest BCUT2D eigenvalue weighted by molar-refractivity contribution is 5.85. The summed E-state index contributed by atoms with van der Waals surface area (Å²) in [7, 11) is 0. The van der Waals surface area contributed by atoms with Gasteiger partial charge in [0.1, 0.15) is 13.2 Å². The second-order valence-electron chi connectivity index (χ2n) is 6.19. The third-order valence-electron chi connectivity index (χ3n) is 4.70. The van der Waals surface area contributed by atoms with Gasteiger partial charge in [-0.25, -0.2) is 4.79 Å². The summed E-state index contributed by atoms with van der Waals surface area (Å²) in [5, 5.41) is 0. The van der Waals surface area contributed by atoms with Crippen LogP contribution >= 0.6 is 0 Å². The van der Waals surface area contributed by atoms with Gasteiger partial charge in [-0.3, -0.25) is 0 Å². The Balaban J connectivity index is 0.00000364. The molecule has 2 rings (SSSR count). The van der Waals surface area contributed by atoms with Crippen LogP contribution in [0.5, 0.6) is 0 Å². The Labute approximate surface area is 168 Å². The van der Waals surface area contributed by atoms with E-state index in [2.05, 4.69) is 13.8 Å². The van der Waals surface area contributed by atoms with Crippen molar-refractivity contribution in [3.63, 3.8) is 0 Å². The number of carbonyl (C=O) groups is 1. The normalized spacial score (nSPS) is 11.1. The molecule has 4 nitrogen and oxygen atoms in total. The molecule has 2 aromatic rings. The quantitative estimate of drug-likeness (QED) is 0.552. The third-order valence-corrected chi connectivity index (χ3v) is 4.70. The molecular weight excluding hydrogens is 362 g/mol. The minimum atomic E-state index is -1.24. The van der Waals surface area contributed by atoms with Gasteiger partial charge in [0.05, 0.1) is 13.1 Å². The Morgan fingerprint density at radius 1 is 0.889 bits per heavy atom. The molecule has 27 heavy (non-hydrogen) atoms. The predicted octanol–water partition coefficient (Wildman–Crippen LogP) is -0.561. The molecule has 0 aromatic heterocycles. The first-order valence-electron chi connectivity index (χ1n) is 9.44. The maximum Gasteiger partial charge on any atom is 0.348 e. The molecule has 0 atom stereocenters. The van der Waals surface area contributed by atoms with E-state index in [0.717, 1.165) is 30.8 Å². The van der Waals surface area contributed by atoms with Gasteiger partial charge in [0, 0.05) is 6.61 Å². The van der Waals surface area contributed by atoms with E-state index in [9.17, 15) is 4.79 Å². The number of benzene rings is 2. The lowest BCUT2D eigenvalue weighted by atomic mass is 9.86. The van der Waals surface area contributed by atoms with Crippen molar-refractivity contribution < 1.29 is 31.6 Å². The van der Waals surface area contributed by atoms with Crippen molar-refractivity contribution in [1.82, 2.24) is 0 Å². The Hall–Kier alpha value is -1.88. The summed E-state index contributed by atoms with van der Waals surface area (Å²) in [6.45, 7) is 9.78. The van der Waals surface area contributed by atoms with Crippen LogP contribution in [0, 0.1) is 0 Å². The number of halogens is 1. The van der Waals surface area contributed by atoms with Crippen LogP contribution in [-0.4, -0.2) is 38.8 Å². The molecule has 0 amide bonds. The van der Waals surface area contributed by atoms with Crippen molar-refractivity contribution >= 4 is 5.97 Å². The van der Waals surface area contributed by atoms with Gasteiger partial charge in [-0.05, 0) is 31.9 Å². The smallest absolute Gasteiger partial charge is 0.348 e. The maximum absolute atomic E-state index is 13.3. The van der Waals surface area contributed by atoms with Crippen molar-refractivity contribution in [2.45, 2.75) is 26.4 Å². The van der Waals surface area contributed by atoms with Crippen LogP contribution in [0.2, 0.25) is 0 Å². The second-order valence-corrected chi connectivity index (χ2v) is 6.19. The average molecular weight is 392 g/mol. The minimum Gasteiger partial charge on any atom is -1.00 e. The van der Waals surface area contributed by atoms with Crippen LogP contribution in [0.25, 0.3) is 0 Å². The molecule has 5 heteroatoms. The Bertz CT molecular complexity index is 620. The fourth-order valence-electron chi connectivity index (χ4n) is 3.18. The first-order chi connectivity index (χ1) is 12.7. The van der Waals surface area contributed by atoms with Gasteiger partial charge in [-0.15, -0.1) is 0 Å². The van der Waals surface area contributed by atoms with E-state index in [1.807, 2.05) is 67.6 Å². The number of ether oxygens (including phenoxy) is 2. The van der Waals surface area contributed by atoms with Crippen LogP contribution < -0.4 is 17.3 Å². The molecule has 0 heterocycles. The Morgan fingerprint density at radius 3 is 1.78 bits per heavy atom. The second kappa shape index (κ2) is 11.8. The van der Waals surface area contributed by atoms with Crippen molar-refractivity contribution in [1.29, 1.82) is 0 Å². The van der Waals surface area contributed by atoms with Crippen LogP contribution in [0.1, 0.15) is 31.9 Å². The molecule has 0 aliphatic rings. The minimum absolute atomic E-state index is 0. The summed E-state index contributed by atoms with van der Waals surface area (Å²) in [6.07, 6.45) is 0. The van der Waals surface area contributed by atoms with E-state index in [0.29, 0.717) is 13.2 Å². The third kappa shape index (κ3) is 5.55. The zero-order chi connectivity index (χ0) is 18.8. The van der Waals surface area contributed by atoms with E-state index in [1.165, 1.54) is 4.90 Å². The van der Waals surface area contributed by atoms with E-state index < -0.39 is 5.60 Å². The van der Waals surface area contributed by atoms with Gasteiger partial charge in [0.2, 0.25) is 5.60 Å². The number of rotatable bonds is 10. The van der Waals surface area contributed by atoms with E-state index in [-0.39, 0.29) is 18.4 Å². The summed E-state index contributed by atoms with van der Waals surface area (Å²) >= 11 is 0. The highest BCUT2D eigenvalue weighted by Gasteiger charge is 2.44. The number of hydrogen-bond donors (Lipinski definition) is 1. The number of likely N-dealkylation sites (N-methyl/N-ethyl adjacent to an activating group) is 1. The first kappa shape index (κ1) is 23.2. The van der Waals surface area contributed by atoms with Gasteiger partial charge >= 0.3 is 5.97 Å². The number of nitrogens with one attached hydrogen (secondary N) is 1. The summed E-state index contributed by atoms with van der Waals surface area (Å²) < 4.78 is 11.8. The molecule has 0 saturated heterocycles. The monoisotopic (exact) mass is 391 g/mol. The van der Waals surface area contributed by atoms with Gasteiger partial charge in [0.15, 0.2) is 0 Å². The largest absolute Gasteiger partial charge is 1.00 e. The molecule has 0 bridgehead atoms. The molecule has 0 saturated carbocycles. The molecule has 1 N–H and O–H groups in total. The lowest BCUT2D eigenvalue weighted by Crippen LogP contribution is -3.11. The molecule has 0 aliphatic carbocycles. The van der Waals surface area contributed by atoms with Gasteiger partial charge in [-0.2, -0.15) is 0 Å². The number of quaternary nitrogens is 1. The number of esters is 1. The SMILES string of the molecule is CCOC(C(=O)OCC[NH+](CC)CC)(c1ccccc1)c1ccccc1.[Cl-]. The highest BCUT2D eigenvalue weighted by Crippen LogP contribution is 2.35. The maximum atomic E-state index is 13.3. The van der Waals surface area contributed by atoms with Crippen LogP contribution in [0.15, 0.2) is 60.7 Å². The molecule has 0 fully saturated rings. The summed E-state index contributed by atoms with van der Waals surface area (Å²) in [5.74, 6) is -0.358. The predicted molar refractivity (Wildman–Crippen MR) is 103 cm³/mol. The van der Waals surface area contributed by atoms with Crippen molar-refractivity contribution in [3.05, 3.63) is 71.8 Å². The van der Waals surface area contributed by atoms with Crippen LogP contribution in [0.4, 0.5) is 0 Å². The van der Waals surface area contributed by atoms with Crippen molar-refractivity contribution in [3.8, 4) is 0 Å². The fraction of sp³-hybridized carbons (Fsp3) is 0.409. The van der Waals surface area contributed by atoms with Crippen molar-refractivity contribution in [2.75, 3.05) is 32.8 Å². The zero-order valence-electron chi connectivity index (χ0n) is 16.4. The van der Waals surface area contributed by atoms with E-state index >= 15 is 0 Å². The summed E-state index contributed by atoms with van der Waals surface area (Å²) in [6, 6.07) is 19.2. The molecule has 148 valence electrons. The average Bonchev–Trinajstić information content (AvgIpc) is 2.70. The topological polar surface area (TPSA) is 40.0 Å². The Morgan fingerprint density at radius 2 is 1.37 bits per heavy atom. The van der Waals surface area contributed by atoms with E-state index in [4.69, 9.17) is 9.47 Å². The molecule has 0 unspecified atom stereocenters. The van der Waals surface area contributed by atoms with E-state index in [1.54, 1.807) is 0 Å². The van der Waals surface area contributed by atoms with Crippen LogP contribution in [-0.2, 0) is 19.9 Å². The lowest BCUT2D eigenvalue weighted by Gasteiger charge is -2.32. The molecule has 0 aliphatic heterocycles. The van der Waals surface area contributed by atoms with Crippen molar-refractivity contribution in [2.24, 2.45) is 0 Å². The van der Waals surface area contributed by atoms with Gasteiger partial charge in [0.25, 0.3) is 0 Å². The first-order valence-corrected chi connectivity index (χ1v) is 9.44. The Kier molecular flexibility index (Phi) is 10.1. The standard InChI is InChI=1S/C22H29NO3.ClH/c1-4-23(5-2)17-18-25-21(24)22(26-6-3,19-13-9-7-10-14-19)20-15-11-8-12-16-20;/h7-16H,4-6,17-18H2,1-3H3;1H. The molecule has 0 spiro atoms. The van der Waals surface area contributed by atoms with Crippen LogP contribution in [0.3, 0.4) is 0 Å². The molecule has 2 aromatic carbocycles. The lowest BCUT2D eigenvalue weighted by molar-refractivity contribution is -0.896.